The third-order valence-electron chi connectivity index (χ3n) is 4.37. The number of nitrogens with zero attached hydrogens (tertiary/aromatic N) is 1. The van der Waals surface area contributed by atoms with E-state index >= 15 is 0 Å². The van der Waals surface area contributed by atoms with Gasteiger partial charge in [0.2, 0.25) is 0 Å². The summed E-state index contributed by atoms with van der Waals surface area (Å²) in [5.41, 5.74) is 1.95. The molecule has 0 spiro atoms. The summed E-state index contributed by atoms with van der Waals surface area (Å²) in [7, 11) is 0. The Morgan fingerprint density at radius 2 is 2.00 bits per heavy atom. The Bertz CT molecular complexity index is 829. The van der Waals surface area contributed by atoms with Crippen molar-refractivity contribution in [2.45, 2.75) is 26.3 Å². The molecule has 1 aliphatic heterocycles. The molecule has 0 bridgehead atoms. The van der Waals surface area contributed by atoms with Crippen molar-refractivity contribution in [3.05, 3.63) is 57.3 Å². The molecule has 0 aliphatic carbocycles. The van der Waals surface area contributed by atoms with E-state index in [0.29, 0.717) is 5.56 Å². The van der Waals surface area contributed by atoms with Gasteiger partial charge in [0.1, 0.15) is 5.54 Å². The number of rotatable bonds is 4. The predicted octanol–water partition coefficient (Wildman–Crippen LogP) is 3.01. The summed E-state index contributed by atoms with van der Waals surface area (Å²) in [4.78, 5) is 38.6. The normalized spacial score (nSPS) is 20.4. The molecule has 124 valence electrons. The van der Waals surface area contributed by atoms with Gasteiger partial charge in [-0.1, -0.05) is 17.7 Å². The monoisotopic (exact) mass is 342 g/mol. The molecule has 3 rings (SSSR count). The topological polar surface area (TPSA) is 66.5 Å². The fourth-order valence-electron chi connectivity index (χ4n) is 2.85. The fourth-order valence-corrected chi connectivity index (χ4v) is 3.61. The second-order valence-electron chi connectivity index (χ2n) is 6.20. The third kappa shape index (κ3) is 2.63. The minimum Gasteiger partial charge on any atom is -0.319 e. The van der Waals surface area contributed by atoms with E-state index in [4.69, 9.17) is 0 Å². The molecule has 1 aliphatic rings. The first-order valence-corrected chi connectivity index (χ1v) is 8.54. The van der Waals surface area contributed by atoms with Crippen LogP contribution in [0.5, 0.6) is 0 Å². The zero-order chi connectivity index (χ0) is 17.5. The Kier molecular flexibility index (Phi) is 4.01. The maximum absolute atomic E-state index is 12.7. The largest absolute Gasteiger partial charge is 0.325 e. The third-order valence-corrected chi connectivity index (χ3v) is 5.05. The molecule has 0 radical (unpaired) electrons. The number of nitrogens with one attached hydrogen (secondary N) is 1. The molecule has 1 aromatic carbocycles. The van der Waals surface area contributed by atoms with Crippen LogP contribution in [0.4, 0.5) is 4.79 Å². The van der Waals surface area contributed by atoms with Crippen LogP contribution < -0.4 is 5.32 Å². The highest BCUT2D eigenvalue weighted by Gasteiger charge is 2.49. The lowest BCUT2D eigenvalue weighted by atomic mass is 9.94. The average molecular weight is 342 g/mol. The van der Waals surface area contributed by atoms with E-state index in [0.717, 1.165) is 21.6 Å². The zero-order valence-corrected chi connectivity index (χ0v) is 14.6. The Hall–Kier alpha value is -2.47. The molecule has 1 aromatic heterocycles. The van der Waals surface area contributed by atoms with Gasteiger partial charge >= 0.3 is 6.03 Å². The van der Waals surface area contributed by atoms with Crippen LogP contribution in [-0.2, 0) is 10.3 Å². The van der Waals surface area contributed by atoms with E-state index in [-0.39, 0.29) is 12.3 Å². The van der Waals surface area contributed by atoms with Gasteiger partial charge in [0.25, 0.3) is 5.91 Å². The van der Waals surface area contributed by atoms with Gasteiger partial charge in [-0.25, -0.2) is 4.79 Å². The minimum atomic E-state index is -1.11. The zero-order valence-electron chi connectivity index (χ0n) is 13.8. The van der Waals surface area contributed by atoms with E-state index in [2.05, 4.69) is 5.32 Å². The van der Waals surface area contributed by atoms with E-state index in [1.807, 2.05) is 36.7 Å². The number of hydrogen-bond donors (Lipinski definition) is 1. The van der Waals surface area contributed by atoms with Gasteiger partial charge in [0, 0.05) is 5.56 Å². The number of urea groups is 1. The lowest BCUT2D eigenvalue weighted by Crippen LogP contribution is -2.41. The molecule has 2 aromatic rings. The molecule has 1 fully saturated rings. The highest BCUT2D eigenvalue weighted by molar-refractivity contribution is 7.08. The van der Waals surface area contributed by atoms with Crippen LogP contribution in [-0.4, -0.2) is 29.2 Å². The number of thiophene rings is 1. The fraction of sp³-hybridized carbons (Fsp3) is 0.278. The summed E-state index contributed by atoms with van der Waals surface area (Å²) < 4.78 is 0. The quantitative estimate of drug-likeness (QED) is 0.686. The molecule has 2 heterocycles. The highest BCUT2D eigenvalue weighted by Crippen LogP contribution is 2.30. The van der Waals surface area contributed by atoms with Crippen LogP contribution >= 0.6 is 11.3 Å². The van der Waals surface area contributed by atoms with Gasteiger partial charge in [-0.15, -0.1) is 0 Å². The second kappa shape index (κ2) is 5.87. The molecule has 1 unspecified atom stereocenters. The van der Waals surface area contributed by atoms with Gasteiger partial charge < -0.3 is 5.32 Å². The molecule has 1 N–H and O–H groups in total. The molecule has 6 heteroatoms. The van der Waals surface area contributed by atoms with Crippen molar-refractivity contribution in [1.29, 1.82) is 0 Å². The summed E-state index contributed by atoms with van der Waals surface area (Å²) in [6.45, 7) is 5.15. The van der Waals surface area contributed by atoms with Gasteiger partial charge in [0.15, 0.2) is 5.78 Å². The van der Waals surface area contributed by atoms with E-state index in [1.54, 1.807) is 19.1 Å². The number of imide groups is 1. The maximum Gasteiger partial charge on any atom is 0.325 e. The van der Waals surface area contributed by atoms with Crippen molar-refractivity contribution in [3.8, 4) is 0 Å². The standard InChI is InChI=1S/C18H18N2O3S/c1-11-4-5-12(2)14(8-11)15(21)9-20-16(22)18(3,19-17(20)23)13-6-7-24-10-13/h4-8,10H,9H2,1-3H3,(H,19,23). The SMILES string of the molecule is Cc1ccc(C)c(C(=O)CN2C(=O)NC(C)(c3ccsc3)C2=O)c1. The average Bonchev–Trinajstić information content (AvgIpc) is 3.14. The number of carbonyl (C=O) groups is 3. The van der Waals surface area contributed by atoms with Crippen LogP contribution in [0, 0.1) is 13.8 Å². The van der Waals surface area contributed by atoms with Crippen molar-refractivity contribution in [1.82, 2.24) is 10.2 Å². The van der Waals surface area contributed by atoms with Gasteiger partial charge in [0.05, 0.1) is 6.54 Å². The highest BCUT2D eigenvalue weighted by atomic mass is 32.1. The molecule has 0 saturated carbocycles. The van der Waals surface area contributed by atoms with E-state index in [1.165, 1.54) is 11.3 Å². The molecule has 5 nitrogen and oxygen atoms in total. The Morgan fingerprint density at radius 1 is 1.25 bits per heavy atom. The van der Waals surface area contributed by atoms with Crippen LogP contribution in [0.2, 0.25) is 0 Å². The summed E-state index contributed by atoms with van der Waals surface area (Å²) in [6, 6.07) is 6.84. The maximum atomic E-state index is 12.7. The van der Waals surface area contributed by atoms with Gasteiger partial charge in [-0.2, -0.15) is 11.3 Å². The minimum absolute atomic E-state index is 0.241. The molecule has 1 atom stereocenters. The van der Waals surface area contributed by atoms with Crippen molar-refractivity contribution in [3.63, 3.8) is 0 Å². The van der Waals surface area contributed by atoms with Crippen molar-refractivity contribution >= 4 is 29.1 Å². The van der Waals surface area contributed by atoms with Crippen LogP contribution in [0.1, 0.15) is 34.0 Å². The predicted molar refractivity (Wildman–Crippen MR) is 92.2 cm³/mol. The van der Waals surface area contributed by atoms with Crippen LogP contribution in [0.3, 0.4) is 0 Å². The summed E-state index contributed by atoms with van der Waals surface area (Å²) in [5, 5.41) is 6.39. The van der Waals surface area contributed by atoms with E-state index in [9.17, 15) is 14.4 Å². The number of aryl methyl sites for hydroxylation is 2. The molecule has 3 amide bonds. The Balaban J connectivity index is 1.85. The number of Topliss-reactive ketones (excluding diaryl/α,β-unsaturated/α-hetero) is 1. The molecular formula is C18H18N2O3S. The lowest BCUT2D eigenvalue weighted by Gasteiger charge is -2.20. The van der Waals surface area contributed by atoms with Crippen molar-refractivity contribution in [2.75, 3.05) is 6.54 Å². The number of hydrogen-bond acceptors (Lipinski definition) is 4. The van der Waals surface area contributed by atoms with Crippen molar-refractivity contribution < 1.29 is 14.4 Å². The second-order valence-corrected chi connectivity index (χ2v) is 6.98. The first-order valence-electron chi connectivity index (χ1n) is 7.60. The molecular weight excluding hydrogens is 324 g/mol. The Labute approximate surface area is 144 Å². The smallest absolute Gasteiger partial charge is 0.319 e. The van der Waals surface area contributed by atoms with Crippen LogP contribution in [0.25, 0.3) is 0 Å². The molecule has 1 saturated heterocycles. The van der Waals surface area contributed by atoms with Crippen molar-refractivity contribution in [2.24, 2.45) is 0 Å². The summed E-state index contributed by atoms with van der Waals surface area (Å²) in [6.07, 6.45) is 0. The lowest BCUT2D eigenvalue weighted by molar-refractivity contribution is -0.130. The molecule has 24 heavy (non-hydrogen) atoms. The number of carbonyl (C=O) groups excluding carboxylic acids is 3. The number of amides is 3. The number of benzene rings is 1. The number of ketones is 1. The summed E-state index contributed by atoms with van der Waals surface area (Å²) in [5.74, 6) is -0.640. The van der Waals surface area contributed by atoms with Gasteiger partial charge in [-0.3, -0.25) is 14.5 Å². The summed E-state index contributed by atoms with van der Waals surface area (Å²) >= 11 is 1.45. The van der Waals surface area contributed by atoms with E-state index < -0.39 is 17.5 Å². The first-order chi connectivity index (χ1) is 11.3. The van der Waals surface area contributed by atoms with Crippen LogP contribution in [0.15, 0.2) is 35.0 Å². The van der Waals surface area contributed by atoms with Gasteiger partial charge in [-0.05, 0) is 54.8 Å². The Morgan fingerprint density at radius 3 is 2.67 bits per heavy atom. The first kappa shape index (κ1) is 16.4.